The Labute approximate surface area is 186 Å². The highest BCUT2D eigenvalue weighted by atomic mass is 19.1. The molecule has 3 rings (SSSR count). The van der Waals surface area contributed by atoms with Gasteiger partial charge in [0.15, 0.2) is 0 Å². The number of carbonyl (C=O) groups is 2. The van der Waals surface area contributed by atoms with Crippen LogP contribution in [0.5, 0.6) is 11.5 Å². The lowest BCUT2D eigenvalue weighted by atomic mass is 9.97. The molecule has 0 aliphatic carbocycles. The van der Waals surface area contributed by atoms with E-state index in [-0.39, 0.29) is 30.8 Å². The zero-order valence-electron chi connectivity index (χ0n) is 18.5. The fourth-order valence-corrected chi connectivity index (χ4v) is 3.48. The van der Waals surface area contributed by atoms with E-state index in [0.29, 0.717) is 23.6 Å². The molecule has 0 radical (unpaired) electrons. The largest absolute Gasteiger partial charge is 0.497 e. The van der Waals surface area contributed by atoms with Crippen LogP contribution in [0, 0.1) is 5.82 Å². The predicted molar refractivity (Wildman–Crippen MR) is 116 cm³/mol. The van der Waals surface area contributed by atoms with Gasteiger partial charge in [0, 0.05) is 32.2 Å². The second kappa shape index (κ2) is 10.2. The first-order chi connectivity index (χ1) is 15.4. The quantitative estimate of drug-likeness (QED) is 0.627. The smallest absolute Gasteiger partial charge is 0.262 e. The third-order valence-corrected chi connectivity index (χ3v) is 5.21. The average Bonchev–Trinajstić information content (AvgIpc) is 3.24. The highest BCUT2D eigenvalue weighted by Crippen LogP contribution is 2.36. The number of hydrazone groups is 1. The predicted octanol–water partition coefficient (Wildman–Crippen LogP) is 2.63. The van der Waals surface area contributed by atoms with Crippen molar-refractivity contribution in [3.63, 3.8) is 0 Å². The Balaban J connectivity index is 1.94. The zero-order valence-corrected chi connectivity index (χ0v) is 18.5. The third kappa shape index (κ3) is 5.05. The monoisotopic (exact) mass is 443 g/mol. The van der Waals surface area contributed by atoms with Gasteiger partial charge in [-0.15, -0.1) is 0 Å². The third-order valence-electron chi connectivity index (χ3n) is 5.21. The summed E-state index contributed by atoms with van der Waals surface area (Å²) in [5.41, 5.74) is 2.09. The van der Waals surface area contributed by atoms with Gasteiger partial charge in [-0.25, -0.2) is 9.40 Å². The summed E-state index contributed by atoms with van der Waals surface area (Å²) in [5.74, 6) is 0.133. The zero-order chi connectivity index (χ0) is 23.3. The first-order valence-corrected chi connectivity index (χ1v) is 9.98. The number of rotatable bonds is 8. The number of nitrogens with zero attached hydrogens (tertiary/aromatic N) is 3. The molecule has 0 unspecified atom stereocenters. The van der Waals surface area contributed by atoms with Crippen molar-refractivity contribution in [1.29, 1.82) is 0 Å². The Morgan fingerprint density at radius 3 is 2.47 bits per heavy atom. The minimum absolute atomic E-state index is 0.122. The molecule has 1 heterocycles. The lowest BCUT2D eigenvalue weighted by Crippen LogP contribution is -2.40. The van der Waals surface area contributed by atoms with Crippen molar-refractivity contribution in [3.05, 3.63) is 59.4 Å². The summed E-state index contributed by atoms with van der Waals surface area (Å²) < 4.78 is 29.1. The molecule has 0 fully saturated rings. The maximum Gasteiger partial charge on any atom is 0.262 e. The van der Waals surface area contributed by atoms with Crippen molar-refractivity contribution in [2.75, 3.05) is 41.5 Å². The van der Waals surface area contributed by atoms with Gasteiger partial charge in [0.2, 0.25) is 5.91 Å². The van der Waals surface area contributed by atoms with Crippen LogP contribution in [0.25, 0.3) is 0 Å². The Hall–Kier alpha value is -3.46. The molecule has 0 saturated carbocycles. The van der Waals surface area contributed by atoms with Crippen LogP contribution in [0.3, 0.4) is 0 Å². The molecule has 0 bridgehead atoms. The molecular weight excluding hydrogens is 417 g/mol. The van der Waals surface area contributed by atoms with Crippen LogP contribution < -0.4 is 9.47 Å². The number of hydrogen-bond acceptors (Lipinski definition) is 6. The molecular formula is C23H26FN3O5. The highest BCUT2D eigenvalue weighted by Gasteiger charge is 2.34. The molecule has 2 aromatic carbocycles. The molecule has 32 heavy (non-hydrogen) atoms. The number of ether oxygens (including phenoxy) is 3. The van der Waals surface area contributed by atoms with E-state index in [0.717, 1.165) is 11.1 Å². The van der Waals surface area contributed by atoms with Crippen molar-refractivity contribution >= 4 is 17.5 Å². The van der Waals surface area contributed by atoms with Crippen LogP contribution >= 0.6 is 0 Å². The molecule has 0 spiro atoms. The fourth-order valence-electron chi connectivity index (χ4n) is 3.48. The number of amides is 2. The van der Waals surface area contributed by atoms with Gasteiger partial charge in [-0.2, -0.15) is 5.10 Å². The van der Waals surface area contributed by atoms with Crippen LogP contribution in [0.15, 0.2) is 47.6 Å². The van der Waals surface area contributed by atoms with E-state index in [2.05, 4.69) is 5.10 Å². The lowest BCUT2D eigenvalue weighted by molar-refractivity contribution is -0.142. The second-order valence-corrected chi connectivity index (χ2v) is 7.31. The van der Waals surface area contributed by atoms with E-state index in [1.54, 1.807) is 38.5 Å². The summed E-state index contributed by atoms with van der Waals surface area (Å²) in [7, 11) is 6.05. The molecule has 0 N–H and O–H groups in total. The van der Waals surface area contributed by atoms with Crippen LogP contribution in [0.4, 0.5) is 4.39 Å². The molecule has 1 aliphatic rings. The Bertz CT molecular complexity index is 1010. The average molecular weight is 443 g/mol. The molecule has 0 saturated heterocycles. The highest BCUT2D eigenvalue weighted by molar-refractivity contribution is 6.05. The molecule has 2 amide bonds. The summed E-state index contributed by atoms with van der Waals surface area (Å²) in [6.45, 7) is -0.293. The van der Waals surface area contributed by atoms with Crippen molar-refractivity contribution in [2.24, 2.45) is 5.10 Å². The fraction of sp³-hybridized carbons (Fsp3) is 0.348. The summed E-state index contributed by atoms with van der Waals surface area (Å²) >= 11 is 0. The molecule has 2 aromatic rings. The molecule has 0 aromatic heterocycles. The first-order valence-electron chi connectivity index (χ1n) is 9.98. The van der Waals surface area contributed by atoms with Gasteiger partial charge < -0.3 is 19.1 Å². The molecule has 170 valence electrons. The van der Waals surface area contributed by atoms with Crippen molar-refractivity contribution in [3.8, 4) is 11.5 Å². The van der Waals surface area contributed by atoms with E-state index >= 15 is 0 Å². The van der Waals surface area contributed by atoms with Crippen molar-refractivity contribution in [2.45, 2.75) is 12.5 Å². The van der Waals surface area contributed by atoms with E-state index in [4.69, 9.17) is 14.2 Å². The van der Waals surface area contributed by atoms with E-state index in [9.17, 15) is 14.0 Å². The van der Waals surface area contributed by atoms with Crippen LogP contribution in [0.2, 0.25) is 0 Å². The summed E-state index contributed by atoms with van der Waals surface area (Å²) in [4.78, 5) is 26.4. The van der Waals surface area contributed by atoms with Gasteiger partial charge in [0.1, 0.15) is 30.5 Å². The first kappa shape index (κ1) is 23.2. The van der Waals surface area contributed by atoms with Crippen LogP contribution in [-0.4, -0.2) is 69.0 Å². The van der Waals surface area contributed by atoms with Crippen LogP contribution in [0.1, 0.15) is 23.6 Å². The number of halogens is 1. The maximum absolute atomic E-state index is 13.5. The number of benzene rings is 2. The van der Waals surface area contributed by atoms with E-state index in [1.807, 2.05) is 6.07 Å². The summed E-state index contributed by atoms with van der Waals surface area (Å²) in [6.07, 6.45) is 0.399. The number of hydrogen-bond donors (Lipinski definition) is 0. The van der Waals surface area contributed by atoms with Gasteiger partial charge >= 0.3 is 0 Å². The second-order valence-electron chi connectivity index (χ2n) is 7.31. The SMILES string of the molecule is COCC(=O)N(C)CC(=O)N1N=C(c2ccc(OC)cc2OC)C[C@@H]1c1ccc(F)cc1. The number of carbonyl (C=O) groups excluding carboxylic acids is 2. The Morgan fingerprint density at radius 1 is 1.12 bits per heavy atom. The maximum atomic E-state index is 13.5. The Morgan fingerprint density at radius 2 is 1.84 bits per heavy atom. The molecule has 1 aliphatic heterocycles. The number of likely N-dealkylation sites (N-methyl/N-ethyl adjacent to an activating group) is 1. The summed E-state index contributed by atoms with van der Waals surface area (Å²) in [6, 6.07) is 10.8. The van der Waals surface area contributed by atoms with Crippen molar-refractivity contribution < 1.29 is 28.2 Å². The molecule has 8 nitrogen and oxygen atoms in total. The molecule has 9 heteroatoms. The Kier molecular flexibility index (Phi) is 7.42. The molecule has 1 atom stereocenters. The van der Waals surface area contributed by atoms with Gasteiger partial charge in [-0.3, -0.25) is 9.59 Å². The minimum Gasteiger partial charge on any atom is -0.497 e. The van der Waals surface area contributed by atoms with Gasteiger partial charge in [-0.05, 0) is 29.8 Å². The van der Waals surface area contributed by atoms with Crippen molar-refractivity contribution in [1.82, 2.24) is 9.91 Å². The standard InChI is InChI=1S/C23H26FN3O5/c1-26(23(29)14-30-2)13-22(28)27-20(15-5-7-16(24)8-6-15)12-19(25-27)18-10-9-17(31-3)11-21(18)32-4/h5-11,20H,12-14H2,1-4H3/t20-/m1/s1. The van der Waals surface area contributed by atoms with E-state index in [1.165, 1.54) is 36.2 Å². The number of methoxy groups -OCH3 is 3. The normalized spacial score (nSPS) is 15.3. The van der Waals surface area contributed by atoms with Crippen LogP contribution in [-0.2, 0) is 14.3 Å². The minimum atomic E-state index is -0.448. The topological polar surface area (TPSA) is 80.7 Å². The lowest BCUT2D eigenvalue weighted by Gasteiger charge is -2.24. The van der Waals surface area contributed by atoms with Gasteiger partial charge in [0.05, 0.1) is 26.0 Å². The van der Waals surface area contributed by atoms with E-state index < -0.39 is 6.04 Å². The summed E-state index contributed by atoms with van der Waals surface area (Å²) in [5, 5.41) is 5.93. The van der Waals surface area contributed by atoms with Gasteiger partial charge in [-0.1, -0.05) is 12.1 Å². The van der Waals surface area contributed by atoms with Gasteiger partial charge in [0.25, 0.3) is 5.91 Å².